The third kappa shape index (κ3) is 1.57. The number of aryl methyl sites for hydroxylation is 2. The molecule has 1 rings (SSSR count). The normalized spacial score (nSPS) is 10.2. The van der Waals surface area contributed by atoms with Gasteiger partial charge in [0.25, 0.3) is 0 Å². The lowest BCUT2D eigenvalue weighted by Gasteiger charge is -2.07. The van der Waals surface area contributed by atoms with Crippen LogP contribution in [-0.2, 0) is 6.61 Å². The van der Waals surface area contributed by atoms with Crippen LogP contribution in [0.4, 0.5) is 0 Å². The van der Waals surface area contributed by atoms with Crippen molar-refractivity contribution >= 4 is 12.6 Å². The zero-order valence-corrected chi connectivity index (χ0v) is 7.65. The van der Waals surface area contributed by atoms with E-state index in [-0.39, 0.29) is 6.61 Å². The number of hydrogen-bond acceptors (Lipinski definition) is 2. The average molecular weight is 168 g/mol. The predicted octanol–water partition coefficient (Wildman–Crippen LogP) is 2.08. The van der Waals surface area contributed by atoms with Crippen molar-refractivity contribution in [1.29, 1.82) is 0 Å². The van der Waals surface area contributed by atoms with Crippen molar-refractivity contribution in [2.75, 3.05) is 0 Å². The molecule has 0 unspecified atom stereocenters. The maximum absolute atomic E-state index is 8.97. The molecule has 11 heavy (non-hydrogen) atoms. The zero-order chi connectivity index (χ0) is 8.43. The molecule has 0 heterocycles. The molecule has 0 saturated heterocycles. The van der Waals surface area contributed by atoms with E-state index in [1.807, 2.05) is 26.0 Å². The molecular formula is C9H12OS. The van der Waals surface area contributed by atoms with Gasteiger partial charge in [-0.2, -0.15) is 0 Å². The molecule has 1 aromatic carbocycles. The summed E-state index contributed by atoms with van der Waals surface area (Å²) in [5.74, 6) is 0. The fraction of sp³-hybridized carbons (Fsp3) is 0.333. The number of hydrogen-bond donors (Lipinski definition) is 2. The highest BCUT2D eigenvalue weighted by molar-refractivity contribution is 7.80. The summed E-state index contributed by atoms with van der Waals surface area (Å²) in [7, 11) is 0. The lowest BCUT2D eigenvalue weighted by atomic mass is 10.1. The Morgan fingerprint density at radius 2 is 1.82 bits per heavy atom. The van der Waals surface area contributed by atoms with Crippen molar-refractivity contribution in [3.05, 3.63) is 28.8 Å². The van der Waals surface area contributed by atoms with E-state index in [0.29, 0.717) is 0 Å². The van der Waals surface area contributed by atoms with Gasteiger partial charge in [-0.25, -0.2) is 0 Å². The summed E-state index contributed by atoms with van der Waals surface area (Å²) in [5.41, 5.74) is 3.15. The maximum atomic E-state index is 8.97. The molecule has 60 valence electrons. The van der Waals surface area contributed by atoms with Crippen molar-refractivity contribution in [2.45, 2.75) is 25.3 Å². The number of aliphatic hydroxyl groups excluding tert-OH is 1. The molecule has 0 aliphatic carbocycles. The fourth-order valence-electron chi connectivity index (χ4n) is 1.05. The molecule has 0 amide bonds. The second kappa shape index (κ2) is 3.28. The Morgan fingerprint density at radius 1 is 1.27 bits per heavy atom. The van der Waals surface area contributed by atoms with Crippen molar-refractivity contribution in [3.8, 4) is 0 Å². The Labute approximate surface area is 72.5 Å². The summed E-state index contributed by atoms with van der Waals surface area (Å²) in [5, 5.41) is 8.97. The Balaban J connectivity index is 3.29. The summed E-state index contributed by atoms with van der Waals surface area (Å²) >= 11 is 4.30. The number of thiol groups is 1. The number of benzene rings is 1. The number of rotatable bonds is 1. The minimum absolute atomic E-state index is 0.0757. The third-order valence-corrected chi connectivity index (χ3v) is 2.50. The Hall–Kier alpha value is -0.470. The van der Waals surface area contributed by atoms with Crippen LogP contribution in [0.15, 0.2) is 17.0 Å². The van der Waals surface area contributed by atoms with Gasteiger partial charge in [-0.15, -0.1) is 12.6 Å². The van der Waals surface area contributed by atoms with E-state index in [2.05, 4.69) is 12.6 Å². The molecule has 1 nitrogen and oxygen atoms in total. The molecule has 0 fully saturated rings. The van der Waals surface area contributed by atoms with E-state index in [4.69, 9.17) is 5.11 Å². The molecule has 0 atom stereocenters. The molecule has 0 aliphatic heterocycles. The molecular weight excluding hydrogens is 156 g/mol. The van der Waals surface area contributed by atoms with E-state index in [1.165, 1.54) is 0 Å². The van der Waals surface area contributed by atoms with Gasteiger partial charge in [-0.3, -0.25) is 0 Å². The van der Waals surface area contributed by atoms with Gasteiger partial charge < -0.3 is 5.11 Å². The fourth-order valence-corrected chi connectivity index (χ4v) is 1.38. The quantitative estimate of drug-likeness (QED) is 0.615. The Kier molecular flexibility index (Phi) is 2.58. The SMILES string of the molecule is Cc1ccc(C)c(CO)c1S. The number of aliphatic hydroxyl groups is 1. The summed E-state index contributed by atoms with van der Waals surface area (Å²) in [4.78, 5) is 0.910. The summed E-state index contributed by atoms with van der Waals surface area (Å²) < 4.78 is 0. The molecule has 0 aliphatic rings. The molecule has 1 aromatic rings. The van der Waals surface area contributed by atoms with Crippen LogP contribution in [0.2, 0.25) is 0 Å². The van der Waals surface area contributed by atoms with Gasteiger partial charge in [0.05, 0.1) is 6.61 Å². The van der Waals surface area contributed by atoms with Crippen molar-refractivity contribution in [3.63, 3.8) is 0 Å². The first kappa shape index (κ1) is 8.62. The minimum atomic E-state index is 0.0757. The zero-order valence-electron chi connectivity index (χ0n) is 6.76. The average Bonchev–Trinajstić information content (AvgIpc) is 1.99. The molecule has 0 bridgehead atoms. The first-order chi connectivity index (χ1) is 5.16. The van der Waals surface area contributed by atoms with Crippen LogP contribution in [0.1, 0.15) is 16.7 Å². The molecule has 0 radical (unpaired) electrons. The second-order valence-electron chi connectivity index (χ2n) is 2.68. The van der Waals surface area contributed by atoms with Crippen LogP contribution in [0.3, 0.4) is 0 Å². The van der Waals surface area contributed by atoms with Gasteiger partial charge in [0, 0.05) is 4.90 Å². The molecule has 0 saturated carbocycles. The van der Waals surface area contributed by atoms with Crippen LogP contribution < -0.4 is 0 Å². The van der Waals surface area contributed by atoms with Gasteiger partial charge in [0.2, 0.25) is 0 Å². The maximum Gasteiger partial charge on any atom is 0.0695 e. The van der Waals surface area contributed by atoms with Gasteiger partial charge in [-0.05, 0) is 30.5 Å². The molecule has 0 spiro atoms. The van der Waals surface area contributed by atoms with Gasteiger partial charge in [0.1, 0.15) is 0 Å². The molecule has 1 N–H and O–H groups in total. The highest BCUT2D eigenvalue weighted by Gasteiger charge is 2.03. The Bertz CT molecular complexity index is 269. The lowest BCUT2D eigenvalue weighted by molar-refractivity contribution is 0.278. The van der Waals surface area contributed by atoms with Crippen LogP contribution >= 0.6 is 12.6 Å². The first-order valence-corrected chi connectivity index (χ1v) is 4.00. The highest BCUT2D eigenvalue weighted by Crippen LogP contribution is 2.21. The topological polar surface area (TPSA) is 20.2 Å². The first-order valence-electron chi connectivity index (χ1n) is 3.55. The van der Waals surface area contributed by atoms with Crippen LogP contribution in [0.5, 0.6) is 0 Å². The lowest BCUT2D eigenvalue weighted by Crippen LogP contribution is -1.92. The van der Waals surface area contributed by atoms with Crippen LogP contribution in [0, 0.1) is 13.8 Å². The van der Waals surface area contributed by atoms with Gasteiger partial charge in [-0.1, -0.05) is 12.1 Å². The predicted molar refractivity (Wildman–Crippen MR) is 49.1 cm³/mol. The molecule has 0 aromatic heterocycles. The van der Waals surface area contributed by atoms with Crippen molar-refractivity contribution in [1.82, 2.24) is 0 Å². The van der Waals surface area contributed by atoms with Crippen molar-refractivity contribution < 1.29 is 5.11 Å². The van der Waals surface area contributed by atoms with E-state index in [0.717, 1.165) is 21.6 Å². The summed E-state index contributed by atoms with van der Waals surface area (Å²) in [6.07, 6.45) is 0. The van der Waals surface area contributed by atoms with Gasteiger partial charge >= 0.3 is 0 Å². The van der Waals surface area contributed by atoms with Gasteiger partial charge in [0.15, 0.2) is 0 Å². The second-order valence-corrected chi connectivity index (χ2v) is 3.13. The van der Waals surface area contributed by atoms with E-state index < -0.39 is 0 Å². The largest absolute Gasteiger partial charge is 0.392 e. The summed E-state index contributed by atoms with van der Waals surface area (Å²) in [6.45, 7) is 4.04. The van der Waals surface area contributed by atoms with E-state index in [1.54, 1.807) is 0 Å². The summed E-state index contributed by atoms with van der Waals surface area (Å²) in [6, 6.07) is 4.01. The monoisotopic (exact) mass is 168 g/mol. The third-order valence-electron chi connectivity index (χ3n) is 1.88. The Morgan fingerprint density at radius 3 is 2.27 bits per heavy atom. The highest BCUT2D eigenvalue weighted by atomic mass is 32.1. The standard InChI is InChI=1S/C9H12OS/c1-6-3-4-7(2)9(11)8(6)5-10/h3-4,10-11H,5H2,1-2H3. The van der Waals surface area contributed by atoms with Crippen LogP contribution in [0.25, 0.3) is 0 Å². The minimum Gasteiger partial charge on any atom is -0.392 e. The van der Waals surface area contributed by atoms with E-state index in [9.17, 15) is 0 Å². The van der Waals surface area contributed by atoms with Crippen molar-refractivity contribution in [2.24, 2.45) is 0 Å². The molecule has 2 heteroatoms. The smallest absolute Gasteiger partial charge is 0.0695 e. The van der Waals surface area contributed by atoms with Crippen LogP contribution in [-0.4, -0.2) is 5.11 Å². The van der Waals surface area contributed by atoms with E-state index >= 15 is 0 Å².